The molecule has 2 amide bonds. The highest BCUT2D eigenvalue weighted by atomic mass is 79.9. The van der Waals surface area contributed by atoms with Crippen molar-refractivity contribution in [3.63, 3.8) is 0 Å². The molecule has 0 radical (unpaired) electrons. The highest BCUT2D eigenvalue weighted by molar-refractivity contribution is 9.10. The molecule has 2 aromatic rings. The summed E-state index contributed by atoms with van der Waals surface area (Å²) >= 11 is 3.43. The van der Waals surface area contributed by atoms with Gasteiger partial charge in [-0.3, -0.25) is 0 Å². The van der Waals surface area contributed by atoms with E-state index < -0.39 is 0 Å². The molecule has 0 aromatic heterocycles. The summed E-state index contributed by atoms with van der Waals surface area (Å²) < 4.78 is 1.02. The number of nitrogens with one attached hydrogen (secondary N) is 2. The van der Waals surface area contributed by atoms with E-state index in [1.54, 1.807) is 0 Å². The molecule has 0 saturated carbocycles. The molecule has 19 heavy (non-hydrogen) atoms. The predicted octanol–water partition coefficient (Wildman–Crippen LogP) is 4.71. The van der Waals surface area contributed by atoms with Crippen LogP contribution in [0.2, 0.25) is 0 Å². The molecule has 0 aliphatic heterocycles. The Kier molecular flexibility index (Phi) is 4.22. The third-order valence-corrected chi connectivity index (χ3v) is 3.61. The number of hydrogen-bond donors (Lipinski definition) is 2. The van der Waals surface area contributed by atoms with Gasteiger partial charge < -0.3 is 10.6 Å². The fourth-order valence-corrected chi connectivity index (χ4v) is 1.90. The molecule has 98 valence electrons. The number of carbonyl (C=O) groups is 1. The van der Waals surface area contributed by atoms with Crippen molar-refractivity contribution in [2.24, 2.45) is 0 Å². The van der Waals surface area contributed by atoms with Gasteiger partial charge in [0.15, 0.2) is 0 Å². The van der Waals surface area contributed by atoms with Crippen LogP contribution in [0.3, 0.4) is 0 Å². The summed E-state index contributed by atoms with van der Waals surface area (Å²) in [7, 11) is 0. The standard InChI is InChI=1S/C15H15BrN2O/c1-10-3-5-12(6-4-10)17-15(19)18-13-7-8-14(16)11(2)9-13/h3-9H,1-2H3,(H2,17,18,19). The van der Waals surface area contributed by atoms with E-state index in [9.17, 15) is 4.79 Å². The van der Waals surface area contributed by atoms with Crippen LogP contribution in [-0.2, 0) is 0 Å². The molecule has 2 N–H and O–H groups in total. The van der Waals surface area contributed by atoms with Gasteiger partial charge in [-0.2, -0.15) is 0 Å². The number of carbonyl (C=O) groups excluding carboxylic acids is 1. The van der Waals surface area contributed by atoms with E-state index in [0.29, 0.717) is 0 Å². The van der Waals surface area contributed by atoms with Crippen LogP contribution in [0.1, 0.15) is 11.1 Å². The minimum atomic E-state index is -0.245. The smallest absolute Gasteiger partial charge is 0.308 e. The average molecular weight is 319 g/mol. The number of aryl methyl sites for hydroxylation is 2. The van der Waals surface area contributed by atoms with Crippen LogP contribution in [0.15, 0.2) is 46.9 Å². The summed E-state index contributed by atoms with van der Waals surface area (Å²) in [6.45, 7) is 3.99. The topological polar surface area (TPSA) is 41.1 Å². The van der Waals surface area contributed by atoms with Gasteiger partial charge in [-0.1, -0.05) is 33.6 Å². The lowest BCUT2D eigenvalue weighted by Gasteiger charge is -2.09. The van der Waals surface area contributed by atoms with E-state index in [1.807, 2.05) is 56.3 Å². The van der Waals surface area contributed by atoms with Crippen molar-refractivity contribution >= 4 is 33.3 Å². The first kappa shape index (κ1) is 13.6. The van der Waals surface area contributed by atoms with Gasteiger partial charge in [0.2, 0.25) is 0 Å². The van der Waals surface area contributed by atoms with Crippen LogP contribution < -0.4 is 10.6 Å². The first-order chi connectivity index (χ1) is 9.04. The zero-order valence-electron chi connectivity index (χ0n) is 10.8. The molecule has 3 nitrogen and oxygen atoms in total. The van der Waals surface area contributed by atoms with E-state index in [0.717, 1.165) is 27.0 Å². The number of rotatable bonds is 2. The van der Waals surface area contributed by atoms with Crippen LogP contribution in [0.4, 0.5) is 16.2 Å². The van der Waals surface area contributed by atoms with Gasteiger partial charge in [0, 0.05) is 15.8 Å². The Hall–Kier alpha value is -1.81. The minimum absolute atomic E-state index is 0.245. The predicted molar refractivity (Wildman–Crippen MR) is 82.7 cm³/mol. The summed E-state index contributed by atoms with van der Waals surface area (Å²) in [5.41, 5.74) is 3.78. The highest BCUT2D eigenvalue weighted by Gasteiger charge is 2.03. The number of anilines is 2. The van der Waals surface area contributed by atoms with Crippen LogP contribution >= 0.6 is 15.9 Å². The fourth-order valence-electron chi connectivity index (χ4n) is 1.65. The van der Waals surface area contributed by atoms with Crippen LogP contribution in [-0.4, -0.2) is 6.03 Å². The summed E-state index contributed by atoms with van der Waals surface area (Å²) in [5, 5.41) is 5.59. The monoisotopic (exact) mass is 318 g/mol. The van der Waals surface area contributed by atoms with Gasteiger partial charge >= 0.3 is 6.03 Å². The van der Waals surface area contributed by atoms with Crippen molar-refractivity contribution in [3.8, 4) is 0 Å². The Balaban J connectivity index is 2.01. The second kappa shape index (κ2) is 5.89. The van der Waals surface area contributed by atoms with Crippen molar-refractivity contribution in [3.05, 3.63) is 58.1 Å². The number of halogens is 1. The normalized spacial score (nSPS) is 10.1. The molecule has 0 aliphatic carbocycles. The van der Waals surface area contributed by atoms with E-state index in [1.165, 1.54) is 0 Å². The van der Waals surface area contributed by atoms with E-state index in [2.05, 4.69) is 26.6 Å². The van der Waals surface area contributed by atoms with E-state index in [-0.39, 0.29) is 6.03 Å². The quantitative estimate of drug-likeness (QED) is 0.827. The summed E-state index contributed by atoms with van der Waals surface area (Å²) in [6.07, 6.45) is 0. The molecule has 4 heteroatoms. The SMILES string of the molecule is Cc1ccc(NC(=O)Nc2ccc(Br)c(C)c2)cc1. The largest absolute Gasteiger partial charge is 0.323 e. The Morgan fingerprint density at radius 3 is 2.16 bits per heavy atom. The maximum Gasteiger partial charge on any atom is 0.323 e. The van der Waals surface area contributed by atoms with Gasteiger partial charge in [0.25, 0.3) is 0 Å². The highest BCUT2D eigenvalue weighted by Crippen LogP contribution is 2.20. The van der Waals surface area contributed by atoms with Crippen LogP contribution in [0.5, 0.6) is 0 Å². The third kappa shape index (κ3) is 3.83. The summed E-state index contributed by atoms with van der Waals surface area (Å²) in [6, 6.07) is 13.1. The lowest BCUT2D eigenvalue weighted by molar-refractivity contribution is 0.262. The maximum absolute atomic E-state index is 11.8. The lowest BCUT2D eigenvalue weighted by Crippen LogP contribution is -2.19. The third-order valence-electron chi connectivity index (χ3n) is 2.73. The number of amides is 2. The van der Waals surface area contributed by atoms with Gasteiger partial charge in [-0.05, 0) is 49.7 Å². The molecule has 0 bridgehead atoms. The van der Waals surface area contributed by atoms with Gasteiger partial charge in [-0.15, -0.1) is 0 Å². The lowest BCUT2D eigenvalue weighted by atomic mass is 10.2. The molecule has 2 rings (SSSR count). The second-order valence-corrected chi connectivity index (χ2v) is 5.26. The molecule has 0 heterocycles. The molecular weight excluding hydrogens is 304 g/mol. The number of hydrogen-bond acceptors (Lipinski definition) is 1. The first-order valence-corrected chi connectivity index (χ1v) is 6.75. The van der Waals surface area contributed by atoms with Crippen molar-refractivity contribution in [2.75, 3.05) is 10.6 Å². The minimum Gasteiger partial charge on any atom is -0.308 e. The van der Waals surface area contributed by atoms with Crippen molar-refractivity contribution in [2.45, 2.75) is 13.8 Å². The molecule has 0 aliphatic rings. The molecule has 0 atom stereocenters. The molecule has 0 saturated heterocycles. The Labute approximate surface area is 121 Å². The molecule has 0 unspecified atom stereocenters. The zero-order chi connectivity index (χ0) is 13.8. The van der Waals surface area contributed by atoms with Crippen molar-refractivity contribution < 1.29 is 4.79 Å². The number of urea groups is 1. The molecule has 0 spiro atoms. The van der Waals surface area contributed by atoms with Crippen molar-refractivity contribution in [1.82, 2.24) is 0 Å². The van der Waals surface area contributed by atoms with E-state index >= 15 is 0 Å². The second-order valence-electron chi connectivity index (χ2n) is 4.41. The molecular formula is C15H15BrN2O. The number of benzene rings is 2. The molecule has 0 fully saturated rings. The van der Waals surface area contributed by atoms with Crippen molar-refractivity contribution in [1.29, 1.82) is 0 Å². The maximum atomic E-state index is 11.8. The summed E-state index contributed by atoms with van der Waals surface area (Å²) in [4.78, 5) is 11.8. The van der Waals surface area contributed by atoms with Crippen LogP contribution in [0, 0.1) is 13.8 Å². The Morgan fingerprint density at radius 2 is 1.53 bits per heavy atom. The zero-order valence-corrected chi connectivity index (χ0v) is 12.4. The fraction of sp³-hybridized carbons (Fsp3) is 0.133. The van der Waals surface area contributed by atoms with Gasteiger partial charge in [0.1, 0.15) is 0 Å². The average Bonchev–Trinajstić information content (AvgIpc) is 2.37. The Bertz CT molecular complexity index is 594. The Morgan fingerprint density at radius 1 is 0.947 bits per heavy atom. The van der Waals surface area contributed by atoms with E-state index in [4.69, 9.17) is 0 Å². The van der Waals surface area contributed by atoms with Crippen LogP contribution in [0.25, 0.3) is 0 Å². The van der Waals surface area contributed by atoms with Gasteiger partial charge in [-0.25, -0.2) is 4.79 Å². The molecule has 2 aromatic carbocycles. The summed E-state index contributed by atoms with van der Waals surface area (Å²) in [5.74, 6) is 0. The first-order valence-electron chi connectivity index (χ1n) is 5.95. The van der Waals surface area contributed by atoms with Gasteiger partial charge in [0.05, 0.1) is 0 Å².